The molecule has 1 saturated carbocycles. The highest BCUT2D eigenvalue weighted by Crippen LogP contribution is 2.31. The summed E-state index contributed by atoms with van der Waals surface area (Å²) in [6, 6.07) is 5.88. The van der Waals surface area contributed by atoms with E-state index in [2.05, 4.69) is 12.2 Å². The monoisotopic (exact) mass is 285 g/mol. The Morgan fingerprint density at radius 2 is 2.05 bits per heavy atom. The summed E-state index contributed by atoms with van der Waals surface area (Å²) in [7, 11) is -3.54. The largest absolute Gasteiger partial charge is 0.314 e. The van der Waals surface area contributed by atoms with E-state index in [1.165, 1.54) is 18.2 Å². The molecule has 0 amide bonds. The second-order valence-corrected chi connectivity index (χ2v) is 7.26. The Morgan fingerprint density at radius 3 is 2.74 bits per heavy atom. The standard InChI is InChI=1S/C14H20FNO2S/c1-2-9-16-11-7-8-12(10-11)19(17,18)14-6-4-3-5-13(14)15/h3-6,11-12,16H,2,7-10H2,1H3. The molecule has 3 nitrogen and oxygen atoms in total. The smallest absolute Gasteiger partial charge is 0.184 e. The lowest BCUT2D eigenvalue weighted by Gasteiger charge is -2.14. The summed E-state index contributed by atoms with van der Waals surface area (Å²) < 4.78 is 38.5. The molecule has 1 aromatic carbocycles. The van der Waals surface area contributed by atoms with Crippen molar-refractivity contribution in [3.63, 3.8) is 0 Å². The second kappa shape index (κ2) is 6.01. The number of hydrogen-bond donors (Lipinski definition) is 1. The maximum atomic E-state index is 13.6. The minimum Gasteiger partial charge on any atom is -0.314 e. The van der Waals surface area contributed by atoms with E-state index in [1.807, 2.05) is 0 Å². The van der Waals surface area contributed by atoms with Crippen LogP contribution < -0.4 is 5.32 Å². The van der Waals surface area contributed by atoms with E-state index >= 15 is 0 Å². The lowest BCUT2D eigenvalue weighted by atomic mass is 10.2. The average Bonchev–Trinajstić information content (AvgIpc) is 2.86. The first kappa shape index (κ1) is 14.5. The highest BCUT2D eigenvalue weighted by Gasteiger charge is 2.36. The number of sulfone groups is 1. The van der Waals surface area contributed by atoms with Crippen molar-refractivity contribution in [3.05, 3.63) is 30.1 Å². The topological polar surface area (TPSA) is 46.2 Å². The zero-order valence-electron chi connectivity index (χ0n) is 11.1. The van der Waals surface area contributed by atoms with Crippen LogP contribution in [0.25, 0.3) is 0 Å². The second-order valence-electron chi connectivity index (χ2n) is 5.06. The number of hydrogen-bond acceptors (Lipinski definition) is 3. The van der Waals surface area contributed by atoms with Crippen molar-refractivity contribution in [3.8, 4) is 0 Å². The Bertz CT molecular complexity index is 530. The molecular formula is C14H20FNO2S. The minimum atomic E-state index is -3.54. The number of benzene rings is 1. The maximum Gasteiger partial charge on any atom is 0.184 e. The van der Waals surface area contributed by atoms with Crippen LogP contribution >= 0.6 is 0 Å². The Morgan fingerprint density at radius 1 is 1.32 bits per heavy atom. The predicted octanol–water partition coefficient (Wildman–Crippen LogP) is 2.52. The lowest BCUT2D eigenvalue weighted by molar-refractivity contribution is 0.518. The minimum absolute atomic E-state index is 0.156. The van der Waals surface area contributed by atoms with Gasteiger partial charge in [-0.25, -0.2) is 12.8 Å². The molecule has 2 atom stereocenters. The van der Waals surface area contributed by atoms with Crippen LogP contribution in [0.2, 0.25) is 0 Å². The highest BCUT2D eigenvalue weighted by atomic mass is 32.2. The molecule has 2 unspecified atom stereocenters. The quantitative estimate of drug-likeness (QED) is 0.904. The van der Waals surface area contributed by atoms with Crippen molar-refractivity contribution in [1.82, 2.24) is 5.32 Å². The molecule has 0 radical (unpaired) electrons. The van der Waals surface area contributed by atoms with Gasteiger partial charge in [-0.2, -0.15) is 0 Å². The summed E-state index contributed by atoms with van der Waals surface area (Å²) in [6.45, 7) is 2.98. The Hall–Kier alpha value is -0.940. The van der Waals surface area contributed by atoms with Crippen molar-refractivity contribution in [2.24, 2.45) is 0 Å². The van der Waals surface area contributed by atoms with E-state index in [4.69, 9.17) is 0 Å². The van der Waals surface area contributed by atoms with Crippen molar-refractivity contribution >= 4 is 9.84 Å². The molecular weight excluding hydrogens is 265 g/mol. The molecule has 0 saturated heterocycles. The summed E-state index contributed by atoms with van der Waals surface area (Å²) in [5, 5.41) is 2.88. The van der Waals surface area contributed by atoms with Crippen LogP contribution in [-0.2, 0) is 9.84 Å². The summed E-state index contributed by atoms with van der Waals surface area (Å²) in [5.74, 6) is -0.646. The molecule has 1 aromatic rings. The van der Waals surface area contributed by atoms with E-state index in [-0.39, 0.29) is 10.9 Å². The van der Waals surface area contributed by atoms with Crippen molar-refractivity contribution in [2.75, 3.05) is 6.54 Å². The fourth-order valence-corrected chi connectivity index (χ4v) is 4.51. The van der Waals surface area contributed by atoms with E-state index in [1.54, 1.807) is 6.07 Å². The van der Waals surface area contributed by atoms with E-state index in [9.17, 15) is 12.8 Å². The SMILES string of the molecule is CCCNC1CCC(S(=O)(=O)c2ccccc2F)C1. The van der Waals surface area contributed by atoms with Crippen LogP contribution in [0, 0.1) is 5.82 Å². The van der Waals surface area contributed by atoms with Crippen LogP contribution in [-0.4, -0.2) is 26.3 Å². The molecule has 106 valence electrons. The van der Waals surface area contributed by atoms with Crippen molar-refractivity contribution in [2.45, 2.75) is 48.8 Å². The maximum absolute atomic E-state index is 13.6. The van der Waals surface area contributed by atoms with Gasteiger partial charge in [0.1, 0.15) is 10.7 Å². The Labute approximate surface area is 114 Å². The van der Waals surface area contributed by atoms with E-state index in [0.29, 0.717) is 12.8 Å². The van der Waals surface area contributed by atoms with Gasteiger partial charge in [-0.05, 0) is 44.4 Å². The van der Waals surface area contributed by atoms with E-state index < -0.39 is 20.9 Å². The molecule has 2 rings (SSSR count). The van der Waals surface area contributed by atoms with Gasteiger partial charge in [0.15, 0.2) is 9.84 Å². The van der Waals surface area contributed by atoms with Crippen LogP contribution in [0.15, 0.2) is 29.2 Å². The molecule has 0 aromatic heterocycles. The molecule has 1 N–H and O–H groups in total. The van der Waals surface area contributed by atoms with Gasteiger partial charge in [0.05, 0.1) is 5.25 Å². The molecule has 0 spiro atoms. The summed E-state index contributed by atoms with van der Waals surface area (Å²) in [4.78, 5) is -0.156. The fourth-order valence-electron chi connectivity index (χ4n) is 2.61. The third-order valence-corrected chi connectivity index (χ3v) is 5.90. The van der Waals surface area contributed by atoms with Gasteiger partial charge < -0.3 is 5.32 Å². The van der Waals surface area contributed by atoms with Gasteiger partial charge in [-0.3, -0.25) is 0 Å². The summed E-state index contributed by atoms with van der Waals surface area (Å²) >= 11 is 0. The zero-order chi connectivity index (χ0) is 13.9. The fraction of sp³-hybridized carbons (Fsp3) is 0.571. The average molecular weight is 285 g/mol. The van der Waals surface area contributed by atoms with Crippen LogP contribution in [0.3, 0.4) is 0 Å². The van der Waals surface area contributed by atoms with Crippen molar-refractivity contribution in [1.29, 1.82) is 0 Å². The molecule has 5 heteroatoms. The van der Waals surface area contributed by atoms with E-state index in [0.717, 1.165) is 19.4 Å². The van der Waals surface area contributed by atoms with Crippen LogP contribution in [0.4, 0.5) is 4.39 Å². The predicted molar refractivity (Wildman–Crippen MR) is 73.3 cm³/mol. The van der Waals surface area contributed by atoms with Gasteiger partial charge in [-0.15, -0.1) is 0 Å². The molecule has 0 bridgehead atoms. The van der Waals surface area contributed by atoms with Crippen LogP contribution in [0.5, 0.6) is 0 Å². The normalized spacial score (nSPS) is 23.7. The Kier molecular flexibility index (Phi) is 4.58. The molecule has 1 aliphatic rings. The van der Waals surface area contributed by atoms with Crippen molar-refractivity contribution < 1.29 is 12.8 Å². The van der Waals surface area contributed by atoms with Gasteiger partial charge in [-0.1, -0.05) is 19.1 Å². The van der Waals surface area contributed by atoms with Gasteiger partial charge in [0.25, 0.3) is 0 Å². The first-order valence-electron chi connectivity index (χ1n) is 6.77. The molecule has 1 fully saturated rings. The summed E-state index contributed by atoms with van der Waals surface area (Å²) in [6.07, 6.45) is 3.06. The molecule has 0 heterocycles. The summed E-state index contributed by atoms with van der Waals surface area (Å²) in [5.41, 5.74) is 0. The van der Waals surface area contributed by atoms with Gasteiger partial charge in [0.2, 0.25) is 0 Å². The van der Waals surface area contributed by atoms with Gasteiger partial charge >= 0.3 is 0 Å². The third kappa shape index (κ3) is 3.15. The lowest BCUT2D eigenvalue weighted by Crippen LogP contribution is -2.29. The Balaban J connectivity index is 2.12. The molecule has 19 heavy (non-hydrogen) atoms. The number of halogens is 1. The molecule has 1 aliphatic carbocycles. The van der Waals surface area contributed by atoms with Gasteiger partial charge in [0, 0.05) is 6.04 Å². The number of rotatable bonds is 5. The number of nitrogens with one attached hydrogen (secondary N) is 1. The zero-order valence-corrected chi connectivity index (χ0v) is 11.9. The first-order chi connectivity index (χ1) is 9.05. The van der Waals surface area contributed by atoms with Crippen LogP contribution in [0.1, 0.15) is 32.6 Å². The molecule has 0 aliphatic heterocycles. The first-order valence-corrected chi connectivity index (χ1v) is 8.32. The third-order valence-electron chi connectivity index (χ3n) is 3.65. The highest BCUT2D eigenvalue weighted by molar-refractivity contribution is 7.92.